The lowest BCUT2D eigenvalue weighted by atomic mass is 10.1. The van der Waals surface area contributed by atoms with E-state index in [9.17, 15) is 4.79 Å². The van der Waals surface area contributed by atoms with Gasteiger partial charge >= 0.3 is 0 Å². The monoisotopic (exact) mass is 405 g/mol. The van der Waals surface area contributed by atoms with Crippen molar-refractivity contribution >= 4 is 40.3 Å². The molecule has 0 saturated heterocycles. The number of fused-ring (bicyclic) bond motifs is 1. The molecule has 1 amide bonds. The minimum absolute atomic E-state index is 0.162. The van der Waals surface area contributed by atoms with E-state index in [1.165, 1.54) is 0 Å². The van der Waals surface area contributed by atoms with Gasteiger partial charge < -0.3 is 10.6 Å². The van der Waals surface area contributed by atoms with Crippen LogP contribution >= 0.6 is 0 Å². The number of carbonyl (C=O) groups excluding carboxylic acids is 1. The van der Waals surface area contributed by atoms with Crippen molar-refractivity contribution in [2.24, 2.45) is 0 Å². The maximum absolute atomic E-state index is 12.5. The number of aromatic amines is 1. The number of nitrogens with one attached hydrogen (secondary N) is 3. The maximum atomic E-state index is 12.5. The van der Waals surface area contributed by atoms with Crippen molar-refractivity contribution in [2.75, 3.05) is 5.32 Å². The first kappa shape index (κ1) is 18.6. The molecule has 2 heterocycles. The predicted molar refractivity (Wildman–Crippen MR) is 123 cm³/mol. The average molecular weight is 405 g/mol. The molecule has 0 spiro atoms. The van der Waals surface area contributed by atoms with E-state index < -0.39 is 0 Å². The highest BCUT2D eigenvalue weighted by molar-refractivity contribution is 6.01. The van der Waals surface area contributed by atoms with Gasteiger partial charge in [-0.15, -0.1) is 0 Å². The van der Waals surface area contributed by atoms with E-state index in [2.05, 4.69) is 37.7 Å². The van der Waals surface area contributed by atoms with Crippen LogP contribution in [0.15, 0.2) is 60.8 Å². The zero-order valence-electron chi connectivity index (χ0n) is 16.8. The molecule has 0 saturated carbocycles. The molecule has 5 rings (SSSR count). The van der Waals surface area contributed by atoms with Gasteiger partial charge in [0.05, 0.1) is 28.2 Å². The van der Waals surface area contributed by atoms with E-state index >= 15 is 0 Å². The average Bonchev–Trinajstić information content (AvgIpc) is 3.50. The third kappa shape index (κ3) is 4.16. The molecule has 1 aliphatic carbocycles. The van der Waals surface area contributed by atoms with Crippen LogP contribution in [0.2, 0.25) is 0 Å². The number of carbonyl (C=O) groups is 1. The van der Waals surface area contributed by atoms with Crippen LogP contribution in [-0.4, -0.2) is 27.1 Å². The van der Waals surface area contributed by atoms with E-state index in [1.54, 1.807) is 12.3 Å². The quantitative estimate of drug-likeness (QED) is 0.418. The highest BCUT2D eigenvalue weighted by atomic mass is 16.1. The van der Waals surface area contributed by atoms with Gasteiger partial charge in [-0.1, -0.05) is 24.0 Å². The lowest BCUT2D eigenvalue weighted by molar-refractivity contribution is 0.0955. The molecular formula is C25H19N5O. The van der Waals surface area contributed by atoms with Crippen molar-refractivity contribution in [3.63, 3.8) is 0 Å². The molecule has 31 heavy (non-hydrogen) atoms. The highest BCUT2D eigenvalue weighted by Crippen LogP contribution is 2.26. The van der Waals surface area contributed by atoms with E-state index in [1.807, 2.05) is 67.6 Å². The summed E-state index contributed by atoms with van der Waals surface area (Å²) < 4.78 is 0. The number of rotatable bonds is 6. The predicted octanol–water partition coefficient (Wildman–Crippen LogP) is 4.30. The first-order valence-corrected chi connectivity index (χ1v) is 9.92. The topological polar surface area (TPSA) is 82.7 Å². The number of aromatic nitrogens is 3. The fourth-order valence-electron chi connectivity index (χ4n) is 3.33. The largest absolute Gasteiger partial charge is 0.355 e. The summed E-state index contributed by atoms with van der Waals surface area (Å²) >= 11 is 0. The Labute approximate surface area is 179 Å². The summed E-state index contributed by atoms with van der Waals surface area (Å²) in [6.45, 7) is 2.04. The van der Waals surface area contributed by atoms with Crippen LogP contribution in [0.25, 0.3) is 23.1 Å². The van der Waals surface area contributed by atoms with E-state index in [0.29, 0.717) is 5.56 Å². The molecule has 1 aliphatic rings. The molecular weight excluding hydrogens is 386 g/mol. The van der Waals surface area contributed by atoms with E-state index in [0.717, 1.165) is 39.2 Å². The van der Waals surface area contributed by atoms with Gasteiger partial charge in [0, 0.05) is 17.3 Å². The smallest absolute Gasteiger partial charge is 0.255 e. The third-order valence-corrected chi connectivity index (χ3v) is 4.96. The Bertz CT molecular complexity index is 1380. The van der Waals surface area contributed by atoms with Crippen LogP contribution in [-0.2, 0) is 0 Å². The second-order valence-corrected chi connectivity index (χ2v) is 7.33. The summed E-state index contributed by atoms with van der Waals surface area (Å²) in [6, 6.07) is 17.2. The molecule has 0 aliphatic heterocycles. The van der Waals surface area contributed by atoms with Crippen LogP contribution in [0, 0.1) is 18.8 Å². The molecule has 6 nitrogen and oxygen atoms in total. The maximum Gasteiger partial charge on any atom is 0.255 e. The molecule has 3 N–H and O–H groups in total. The number of nitrogens with zero attached hydrogens (tertiary/aromatic N) is 2. The molecule has 150 valence electrons. The zero-order valence-corrected chi connectivity index (χ0v) is 16.8. The van der Waals surface area contributed by atoms with Gasteiger partial charge in [0.25, 0.3) is 5.91 Å². The Kier molecular flexibility index (Phi) is 4.70. The second-order valence-electron chi connectivity index (χ2n) is 7.33. The lowest BCUT2D eigenvalue weighted by Crippen LogP contribution is -2.28. The zero-order chi connectivity index (χ0) is 21.2. The first-order chi connectivity index (χ1) is 15.2. The Hall–Kier alpha value is -4.37. The molecule has 0 bridgehead atoms. The number of benzene rings is 2. The normalized spacial score (nSPS) is 12.5. The summed E-state index contributed by atoms with van der Waals surface area (Å²) in [4.78, 5) is 16.8. The highest BCUT2D eigenvalue weighted by Gasteiger charge is 2.17. The van der Waals surface area contributed by atoms with Gasteiger partial charge in [-0.25, -0.2) is 0 Å². The Morgan fingerprint density at radius 1 is 1.10 bits per heavy atom. The van der Waals surface area contributed by atoms with Crippen molar-refractivity contribution in [1.82, 2.24) is 20.5 Å². The van der Waals surface area contributed by atoms with Gasteiger partial charge in [0.15, 0.2) is 6.04 Å². The van der Waals surface area contributed by atoms with Gasteiger partial charge in [0.1, 0.15) is 0 Å². The molecule has 0 fully saturated rings. The Morgan fingerprint density at radius 2 is 1.97 bits per heavy atom. The first-order valence-electron chi connectivity index (χ1n) is 9.92. The van der Waals surface area contributed by atoms with Crippen molar-refractivity contribution in [3.05, 3.63) is 83.3 Å². The molecule has 4 aromatic rings. The summed E-state index contributed by atoms with van der Waals surface area (Å²) in [5.41, 5.74) is 5.94. The number of aryl methyl sites for hydroxylation is 1. The van der Waals surface area contributed by atoms with Crippen LogP contribution in [0.3, 0.4) is 0 Å². The molecule has 0 radical (unpaired) electrons. The van der Waals surface area contributed by atoms with Crippen molar-refractivity contribution in [3.8, 4) is 11.8 Å². The number of para-hydroxylation sites is 1. The van der Waals surface area contributed by atoms with Crippen LogP contribution in [0.5, 0.6) is 0 Å². The van der Waals surface area contributed by atoms with Gasteiger partial charge in [0.2, 0.25) is 0 Å². The number of H-pyrrole nitrogens is 1. The minimum Gasteiger partial charge on any atom is -0.355 e. The van der Waals surface area contributed by atoms with Crippen LogP contribution in [0.4, 0.5) is 11.4 Å². The Balaban J connectivity index is 1.37. The molecule has 2 aromatic carbocycles. The number of hydrogen-bond acceptors (Lipinski definition) is 4. The molecule has 0 atom stereocenters. The molecule has 2 aromatic heterocycles. The lowest BCUT2D eigenvalue weighted by Gasteiger charge is -2.12. The fraction of sp³-hybridized carbons (Fsp3) is 0.0800. The summed E-state index contributed by atoms with van der Waals surface area (Å²) in [7, 11) is 0. The molecule has 0 unspecified atom stereocenters. The van der Waals surface area contributed by atoms with Crippen molar-refractivity contribution < 1.29 is 4.79 Å². The summed E-state index contributed by atoms with van der Waals surface area (Å²) in [6.07, 6.45) is 5.70. The van der Waals surface area contributed by atoms with Crippen LogP contribution < -0.4 is 10.6 Å². The SMILES string of the molecule is Cc1ccnc(C=Cc2n[nH]c3cc(Nc4ccccc4C(=O)NC4C#C4)ccc23)c1. The van der Waals surface area contributed by atoms with Gasteiger partial charge in [-0.2, -0.15) is 5.10 Å². The third-order valence-electron chi connectivity index (χ3n) is 4.96. The number of hydrogen-bond donors (Lipinski definition) is 3. The van der Waals surface area contributed by atoms with Crippen LogP contribution in [0.1, 0.15) is 27.3 Å². The second kappa shape index (κ2) is 7.81. The number of pyridine rings is 1. The van der Waals surface area contributed by atoms with Crippen molar-refractivity contribution in [1.29, 1.82) is 0 Å². The van der Waals surface area contributed by atoms with E-state index in [4.69, 9.17) is 0 Å². The van der Waals surface area contributed by atoms with Gasteiger partial charge in [-0.3, -0.25) is 14.9 Å². The minimum atomic E-state index is -0.177. The standard InChI is InChI=1S/C25H19N5O/c1-16-12-13-26-18(14-16)9-11-23-20-10-8-19(15-24(20)30-29-23)27-22-5-3-2-4-21(22)25(31)28-17-6-7-17/h2-5,8-15,17,27H,1H3,(H,28,31)(H,29,30). The van der Waals surface area contributed by atoms with E-state index in [-0.39, 0.29) is 11.9 Å². The van der Waals surface area contributed by atoms with Gasteiger partial charge in [-0.05, 0) is 67.1 Å². The number of amides is 1. The number of anilines is 2. The summed E-state index contributed by atoms with van der Waals surface area (Å²) in [5.74, 6) is 5.49. The summed E-state index contributed by atoms with van der Waals surface area (Å²) in [5, 5.41) is 14.7. The molecule has 6 heteroatoms. The fourth-order valence-corrected chi connectivity index (χ4v) is 3.33. The van der Waals surface area contributed by atoms with Crippen molar-refractivity contribution in [2.45, 2.75) is 13.0 Å². The Morgan fingerprint density at radius 3 is 2.81 bits per heavy atom.